The Labute approximate surface area is 202 Å². The number of amides is 4. The van der Waals surface area contributed by atoms with Crippen LogP contribution in [0.15, 0.2) is 42.5 Å². The summed E-state index contributed by atoms with van der Waals surface area (Å²) in [6.45, 7) is 2.82. The van der Waals surface area contributed by atoms with Crippen LogP contribution >= 0.6 is 11.6 Å². The number of hydrogen-bond acceptors (Lipinski definition) is 6. The summed E-state index contributed by atoms with van der Waals surface area (Å²) >= 11 is 5.85. The lowest BCUT2D eigenvalue weighted by Crippen LogP contribution is -2.44. The number of carbonyl (C=O) groups is 3. The molecule has 34 heavy (non-hydrogen) atoms. The Balaban J connectivity index is 1.37. The number of nitrogens with zero attached hydrogens (tertiary/aromatic N) is 2. The van der Waals surface area contributed by atoms with E-state index in [-0.39, 0.29) is 25.6 Å². The molecule has 180 valence electrons. The topological polar surface area (TPSA) is 97.4 Å². The average molecular weight is 488 g/mol. The molecule has 2 aliphatic rings. The third-order valence-corrected chi connectivity index (χ3v) is 6.08. The molecule has 1 fully saturated rings. The van der Waals surface area contributed by atoms with E-state index >= 15 is 0 Å². The van der Waals surface area contributed by atoms with E-state index in [4.69, 9.17) is 25.8 Å². The van der Waals surface area contributed by atoms with Gasteiger partial charge < -0.3 is 24.4 Å². The minimum atomic E-state index is -1.32. The second-order valence-electron chi connectivity index (χ2n) is 8.28. The van der Waals surface area contributed by atoms with Crippen molar-refractivity contribution in [2.45, 2.75) is 18.9 Å². The van der Waals surface area contributed by atoms with Crippen molar-refractivity contribution in [1.29, 1.82) is 0 Å². The van der Waals surface area contributed by atoms with E-state index in [0.717, 1.165) is 11.3 Å². The van der Waals surface area contributed by atoms with Gasteiger partial charge in [0.15, 0.2) is 11.5 Å². The van der Waals surface area contributed by atoms with Crippen LogP contribution in [0.4, 0.5) is 4.79 Å². The zero-order valence-corrected chi connectivity index (χ0v) is 19.8. The van der Waals surface area contributed by atoms with Gasteiger partial charge in [-0.1, -0.05) is 17.7 Å². The van der Waals surface area contributed by atoms with E-state index in [1.54, 1.807) is 56.4 Å². The first-order valence-corrected chi connectivity index (χ1v) is 11.3. The van der Waals surface area contributed by atoms with Gasteiger partial charge in [-0.2, -0.15) is 0 Å². The Morgan fingerprint density at radius 2 is 1.85 bits per heavy atom. The molecular formula is C24H26ClN3O6. The van der Waals surface area contributed by atoms with E-state index < -0.39 is 17.5 Å². The number of benzene rings is 2. The van der Waals surface area contributed by atoms with Gasteiger partial charge in [-0.25, -0.2) is 4.79 Å². The van der Waals surface area contributed by atoms with Crippen LogP contribution in [-0.4, -0.2) is 67.6 Å². The average Bonchev–Trinajstić information content (AvgIpc) is 2.98. The van der Waals surface area contributed by atoms with Gasteiger partial charge >= 0.3 is 6.03 Å². The molecule has 9 nitrogen and oxygen atoms in total. The minimum Gasteiger partial charge on any atom is -0.492 e. The highest BCUT2D eigenvalue weighted by Crippen LogP contribution is 2.36. The van der Waals surface area contributed by atoms with Crippen LogP contribution in [0.1, 0.15) is 18.9 Å². The van der Waals surface area contributed by atoms with Crippen molar-refractivity contribution in [2.75, 3.05) is 40.0 Å². The molecule has 2 aliphatic heterocycles. The number of fused-ring (bicyclic) bond motifs is 1. The smallest absolute Gasteiger partial charge is 0.325 e. The van der Waals surface area contributed by atoms with Gasteiger partial charge in [0.25, 0.3) is 5.91 Å². The fraction of sp³-hybridized carbons (Fsp3) is 0.375. The number of urea groups is 1. The van der Waals surface area contributed by atoms with Crippen LogP contribution in [0, 0.1) is 0 Å². The molecule has 0 bridgehead atoms. The van der Waals surface area contributed by atoms with Crippen molar-refractivity contribution >= 4 is 29.4 Å². The van der Waals surface area contributed by atoms with Crippen LogP contribution < -0.4 is 19.5 Å². The van der Waals surface area contributed by atoms with Gasteiger partial charge in [0, 0.05) is 18.5 Å². The van der Waals surface area contributed by atoms with Gasteiger partial charge in [0.1, 0.15) is 24.4 Å². The first kappa shape index (κ1) is 23.7. The molecule has 0 aliphatic carbocycles. The van der Waals surface area contributed by atoms with Crippen LogP contribution in [0.25, 0.3) is 0 Å². The molecule has 0 radical (unpaired) electrons. The second kappa shape index (κ2) is 9.80. The zero-order chi connectivity index (χ0) is 24.3. The molecule has 4 rings (SSSR count). The fourth-order valence-electron chi connectivity index (χ4n) is 3.72. The third kappa shape index (κ3) is 4.89. The monoisotopic (exact) mass is 487 g/mol. The van der Waals surface area contributed by atoms with Crippen molar-refractivity contribution in [3.05, 3.63) is 53.1 Å². The number of hydrogen-bond donors (Lipinski definition) is 1. The lowest BCUT2D eigenvalue weighted by Gasteiger charge is -2.24. The number of likely N-dealkylation sites (N-methyl/N-ethyl adjacent to an activating group) is 1. The Morgan fingerprint density at radius 1 is 1.15 bits per heavy atom. The molecule has 1 atom stereocenters. The van der Waals surface area contributed by atoms with Gasteiger partial charge in [0.2, 0.25) is 5.91 Å². The maximum Gasteiger partial charge on any atom is 0.325 e. The van der Waals surface area contributed by atoms with Crippen molar-refractivity contribution in [3.63, 3.8) is 0 Å². The van der Waals surface area contributed by atoms with Crippen LogP contribution in [0.2, 0.25) is 5.02 Å². The summed E-state index contributed by atoms with van der Waals surface area (Å²) in [5.41, 5.74) is -0.770. The summed E-state index contributed by atoms with van der Waals surface area (Å²) < 4.78 is 17.0. The van der Waals surface area contributed by atoms with E-state index in [0.29, 0.717) is 41.0 Å². The van der Waals surface area contributed by atoms with Crippen molar-refractivity contribution in [1.82, 2.24) is 15.1 Å². The van der Waals surface area contributed by atoms with E-state index in [1.165, 1.54) is 4.90 Å². The van der Waals surface area contributed by atoms with E-state index in [2.05, 4.69) is 5.32 Å². The van der Waals surface area contributed by atoms with Gasteiger partial charge in [-0.3, -0.25) is 14.5 Å². The Morgan fingerprint density at radius 3 is 2.59 bits per heavy atom. The lowest BCUT2D eigenvalue weighted by molar-refractivity contribution is -0.138. The van der Waals surface area contributed by atoms with Crippen molar-refractivity contribution in [3.8, 4) is 17.2 Å². The predicted molar refractivity (Wildman–Crippen MR) is 124 cm³/mol. The summed E-state index contributed by atoms with van der Waals surface area (Å²) in [5.74, 6) is 0.854. The van der Waals surface area contributed by atoms with Gasteiger partial charge in [0.05, 0.1) is 19.8 Å². The van der Waals surface area contributed by atoms with Gasteiger partial charge in [-0.15, -0.1) is 0 Å². The molecule has 4 amide bonds. The standard InChI is InChI=1S/C24H26ClN3O6/c1-24(16-4-9-19-20(14-16)34-12-3-11-33-19)22(30)28(23(31)26-24)15-21(29)27(2)10-13-32-18-7-5-17(25)6-8-18/h4-9,14H,3,10-13,15H2,1-2H3,(H,26,31)/t24-/m0/s1. The summed E-state index contributed by atoms with van der Waals surface area (Å²) in [6.07, 6.45) is 0.755. The molecule has 0 aromatic heterocycles. The highest BCUT2D eigenvalue weighted by atomic mass is 35.5. The molecule has 2 heterocycles. The molecule has 1 N–H and O–H groups in total. The number of halogens is 1. The van der Waals surface area contributed by atoms with E-state index in [1.807, 2.05) is 0 Å². The largest absolute Gasteiger partial charge is 0.492 e. The zero-order valence-electron chi connectivity index (χ0n) is 19.0. The summed E-state index contributed by atoms with van der Waals surface area (Å²) in [5, 5.41) is 3.32. The van der Waals surface area contributed by atoms with Gasteiger partial charge in [-0.05, 0) is 48.9 Å². The molecular weight excluding hydrogens is 462 g/mol. The maximum absolute atomic E-state index is 13.2. The van der Waals surface area contributed by atoms with Crippen LogP contribution in [0.5, 0.6) is 17.2 Å². The number of imide groups is 1. The molecule has 0 unspecified atom stereocenters. The Kier molecular flexibility index (Phi) is 6.83. The van der Waals surface area contributed by atoms with Crippen molar-refractivity contribution < 1.29 is 28.6 Å². The fourth-order valence-corrected chi connectivity index (χ4v) is 3.85. The Hall–Kier alpha value is -3.46. The first-order valence-electron chi connectivity index (χ1n) is 10.9. The summed E-state index contributed by atoms with van der Waals surface area (Å²) in [6, 6.07) is 11.4. The molecule has 2 aromatic rings. The molecule has 1 saturated heterocycles. The maximum atomic E-state index is 13.2. The predicted octanol–water partition coefficient (Wildman–Crippen LogP) is 2.81. The number of rotatable bonds is 7. The van der Waals surface area contributed by atoms with Crippen LogP contribution in [0.3, 0.4) is 0 Å². The molecule has 2 aromatic carbocycles. The molecule has 0 spiro atoms. The lowest BCUT2D eigenvalue weighted by atomic mass is 9.91. The summed E-state index contributed by atoms with van der Waals surface area (Å²) in [4.78, 5) is 40.9. The normalized spacial score (nSPS) is 19.4. The quantitative estimate of drug-likeness (QED) is 0.603. The SMILES string of the molecule is CN(CCOc1ccc(Cl)cc1)C(=O)CN1C(=O)N[C@@](C)(c2ccc3c(c2)OCCCO3)C1=O. The Bertz CT molecular complexity index is 1090. The highest BCUT2D eigenvalue weighted by molar-refractivity contribution is 6.30. The summed E-state index contributed by atoms with van der Waals surface area (Å²) in [7, 11) is 1.59. The minimum absolute atomic E-state index is 0.249. The molecule has 0 saturated carbocycles. The third-order valence-electron chi connectivity index (χ3n) is 5.83. The second-order valence-corrected chi connectivity index (χ2v) is 8.71. The number of nitrogens with one attached hydrogen (secondary N) is 1. The first-order chi connectivity index (χ1) is 16.3. The van der Waals surface area contributed by atoms with Crippen molar-refractivity contribution in [2.24, 2.45) is 0 Å². The van der Waals surface area contributed by atoms with E-state index in [9.17, 15) is 14.4 Å². The number of ether oxygens (including phenoxy) is 3. The molecule has 10 heteroatoms. The number of carbonyl (C=O) groups excluding carboxylic acids is 3. The highest BCUT2D eigenvalue weighted by Gasteiger charge is 2.50. The van der Waals surface area contributed by atoms with Crippen LogP contribution in [-0.2, 0) is 15.1 Å².